The van der Waals surface area contributed by atoms with Crippen molar-refractivity contribution in [2.45, 2.75) is 57.7 Å². The predicted octanol–water partition coefficient (Wildman–Crippen LogP) is 3.83. The van der Waals surface area contributed by atoms with Gasteiger partial charge in [-0.2, -0.15) is 0 Å². The van der Waals surface area contributed by atoms with Gasteiger partial charge in [-0.25, -0.2) is 0 Å². The molecule has 0 heterocycles. The van der Waals surface area contributed by atoms with E-state index in [0.717, 1.165) is 18.8 Å². The minimum Gasteiger partial charge on any atom is -0.386 e. The molecule has 0 amide bonds. The summed E-state index contributed by atoms with van der Waals surface area (Å²) in [6, 6.07) is 11.4. The van der Waals surface area contributed by atoms with Crippen molar-refractivity contribution < 1.29 is 5.11 Å². The number of benzene rings is 1. The second kappa shape index (κ2) is 5.58. The Balaban J connectivity index is 1.75. The molecule has 2 heteroatoms. The maximum Gasteiger partial charge on any atom is 0.0805 e. The maximum atomic E-state index is 10.5. The van der Waals surface area contributed by atoms with E-state index in [0.29, 0.717) is 18.0 Å². The third-order valence-electron chi connectivity index (χ3n) is 5.06. The van der Waals surface area contributed by atoms with Crippen LogP contribution in [0.25, 0.3) is 0 Å². The van der Waals surface area contributed by atoms with Crippen LogP contribution in [0.5, 0.6) is 0 Å². The fourth-order valence-corrected chi connectivity index (χ4v) is 4.17. The first-order valence-corrected chi connectivity index (χ1v) is 8.19. The molecule has 0 aliphatic heterocycles. The molecule has 21 heavy (non-hydrogen) atoms. The number of fused-ring (bicyclic) bond motifs is 2. The van der Waals surface area contributed by atoms with Crippen molar-refractivity contribution in [3.05, 3.63) is 47.5 Å². The Morgan fingerprint density at radius 2 is 2.00 bits per heavy atom. The van der Waals surface area contributed by atoms with Crippen molar-refractivity contribution in [3.63, 3.8) is 0 Å². The lowest BCUT2D eigenvalue weighted by Gasteiger charge is -2.47. The Bertz CT molecular complexity index is 520. The van der Waals surface area contributed by atoms with E-state index in [-0.39, 0.29) is 0 Å². The minimum atomic E-state index is -0.643. The zero-order valence-electron chi connectivity index (χ0n) is 13.3. The van der Waals surface area contributed by atoms with Crippen molar-refractivity contribution in [2.24, 2.45) is 11.8 Å². The van der Waals surface area contributed by atoms with E-state index in [4.69, 9.17) is 0 Å². The van der Waals surface area contributed by atoms with E-state index in [1.165, 1.54) is 17.6 Å². The number of rotatable bonds is 3. The Morgan fingerprint density at radius 3 is 2.71 bits per heavy atom. The van der Waals surface area contributed by atoms with Gasteiger partial charge >= 0.3 is 0 Å². The molecule has 0 spiro atoms. The normalized spacial score (nSPS) is 39.4. The van der Waals surface area contributed by atoms with Crippen LogP contribution in [0, 0.1) is 11.8 Å². The third-order valence-corrected chi connectivity index (χ3v) is 5.06. The fourth-order valence-electron chi connectivity index (χ4n) is 4.17. The fraction of sp³-hybridized carbons (Fsp3) is 0.579. The average Bonchev–Trinajstić information content (AvgIpc) is 2.42. The Morgan fingerprint density at radius 1 is 1.29 bits per heavy atom. The second-order valence-corrected chi connectivity index (χ2v) is 7.36. The molecule has 0 aromatic heterocycles. The Labute approximate surface area is 128 Å². The molecule has 1 aromatic carbocycles. The summed E-state index contributed by atoms with van der Waals surface area (Å²) >= 11 is 0. The molecule has 1 aromatic rings. The Kier molecular flexibility index (Phi) is 3.94. The van der Waals surface area contributed by atoms with Gasteiger partial charge in [-0.1, -0.05) is 48.9 Å². The van der Waals surface area contributed by atoms with E-state index in [1.807, 2.05) is 6.92 Å². The summed E-state index contributed by atoms with van der Waals surface area (Å²) in [5, 5.41) is 14.3. The molecule has 2 nitrogen and oxygen atoms in total. The Hall–Kier alpha value is -1.12. The molecule has 4 unspecified atom stereocenters. The molecule has 114 valence electrons. The maximum absolute atomic E-state index is 10.5. The van der Waals surface area contributed by atoms with E-state index in [2.05, 4.69) is 55.6 Å². The summed E-state index contributed by atoms with van der Waals surface area (Å²) in [5.74, 6) is 1.31. The zero-order chi connectivity index (χ0) is 15.0. The van der Waals surface area contributed by atoms with Crippen LogP contribution >= 0.6 is 0 Å². The molecule has 0 radical (unpaired) electrons. The first kappa shape index (κ1) is 14.8. The summed E-state index contributed by atoms with van der Waals surface area (Å²) in [6.07, 6.45) is 5.37. The quantitative estimate of drug-likeness (QED) is 0.827. The van der Waals surface area contributed by atoms with E-state index in [9.17, 15) is 5.11 Å². The topological polar surface area (TPSA) is 32.3 Å². The summed E-state index contributed by atoms with van der Waals surface area (Å²) in [5.41, 5.74) is 2.09. The highest BCUT2D eigenvalue weighted by molar-refractivity contribution is 5.29. The van der Waals surface area contributed by atoms with Crippen molar-refractivity contribution in [2.75, 3.05) is 0 Å². The highest BCUT2D eigenvalue weighted by Crippen LogP contribution is 2.44. The highest BCUT2D eigenvalue weighted by atomic mass is 16.3. The van der Waals surface area contributed by atoms with Gasteiger partial charge < -0.3 is 10.4 Å². The molecule has 2 aliphatic carbocycles. The zero-order valence-corrected chi connectivity index (χ0v) is 13.3. The average molecular weight is 285 g/mol. The molecule has 2 bridgehead atoms. The first-order valence-electron chi connectivity index (χ1n) is 8.19. The van der Waals surface area contributed by atoms with Crippen LogP contribution < -0.4 is 5.32 Å². The number of hydrogen-bond acceptors (Lipinski definition) is 2. The van der Waals surface area contributed by atoms with Gasteiger partial charge in [-0.05, 0) is 50.5 Å². The molecule has 1 fully saturated rings. The molecule has 0 saturated heterocycles. The summed E-state index contributed by atoms with van der Waals surface area (Å²) in [7, 11) is 0. The van der Waals surface area contributed by atoms with Gasteiger partial charge in [0.15, 0.2) is 0 Å². The lowest BCUT2D eigenvalue weighted by Crippen LogP contribution is -2.50. The van der Waals surface area contributed by atoms with Crippen molar-refractivity contribution in [1.29, 1.82) is 0 Å². The third kappa shape index (κ3) is 3.22. The van der Waals surface area contributed by atoms with Crippen LogP contribution in [0.2, 0.25) is 0 Å². The van der Waals surface area contributed by atoms with Crippen molar-refractivity contribution in [1.82, 2.24) is 5.32 Å². The number of hydrogen-bond donors (Lipinski definition) is 2. The predicted molar refractivity (Wildman–Crippen MR) is 87.0 cm³/mol. The standard InChI is InChI=1S/C19H27NO/c1-13-9-16-10-17(12-19(3,21)11-13)18(16)20-14(2)15-7-5-4-6-8-15/h4-8,12-14,16,18,20-21H,9-11H2,1-3H3/b17-12+/t13?,14-,16?,18?,19?/m0/s1. The number of nitrogens with one attached hydrogen (secondary N) is 1. The van der Waals surface area contributed by atoms with E-state index in [1.54, 1.807) is 0 Å². The van der Waals surface area contributed by atoms with Gasteiger partial charge in [-0.15, -0.1) is 0 Å². The van der Waals surface area contributed by atoms with Crippen LogP contribution in [-0.2, 0) is 0 Å². The van der Waals surface area contributed by atoms with Crippen LogP contribution in [0.15, 0.2) is 42.0 Å². The van der Waals surface area contributed by atoms with Gasteiger partial charge in [-0.3, -0.25) is 0 Å². The van der Waals surface area contributed by atoms with E-state index >= 15 is 0 Å². The first-order chi connectivity index (χ1) is 9.94. The highest BCUT2D eigenvalue weighted by Gasteiger charge is 2.41. The second-order valence-electron chi connectivity index (χ2n) is 7.36. The summed E-state index contributed by atoms with van der Waals surface area (Å²) in [6.45, 7) is 6.45. The van der Waals surface area contributed by atoms with Gasteiger partial charge in [0.25, 0.3) is 0 Å². The molecule has 2 N–H and O–H groups in total. The smallest absolute Gasteiger partial charge is 0.0805 e. The molecule has 2 aliphatic rings. The van der Waals surface area contributed by atoms with Crippen LogP contribution in [0.1, 0.15) is 51.6 Å². The lowest BCUT2D eigenvalue weighted by molar-refractivity contribution is 0.0622. The van der Waals surface area contributed by atoms with Crippen LogP contribution in [0.4, 0.5) is 0 Å². The molecular formula is C19H27NO. The van der Waals surface area contributed by atoms with Gasteiger partial charge in [0, 0.05) is 12.1 Å². The summed E-state index contributed by atoms with van der Waals surface area (Å²) in [4.78, 5) is 0. The lowest BCUT2D eigenvalue weighted by atomic mass is 9.65. The van der Waals surface area contributed by atoms with Gasteiger partial charge in [0.1, 0.15) is 0 Å². The summed E-state index contributed by atoms with van der Waals surface area (Å²) < 4.78 is 0. The van der Waals surface area contributed by atoms with Gasteiger partial charge in [0.05, 0.1) is 5.60 Å². The van der Waals surface area contributed by atoms with Gasteiger partial charge in [0.2, 0.25) is 0 Å². The monoisotopic (exact) mass is 285 g/mol. The molecular weight excluding hydrogens is 258 g/mol. The van der Waals surface area contributed by atoms with Crippen molar-refractivity contribution in [3.8, 4) is 0 Å². The SMILES string of the molecule is CC1CC2C/C(=C\C(C)(O)C1)C2N[C@@H](C)c1ccccc1. The van der Waals surface area contributed by atoms with Crippen LogP contribution in [0.3, 0.4) is 0 Å². The molecule has 1 saturated carbocycles. The van der Waals surface area contributed by atoms with Crippen LogP contribution in [-0.4, -0.2) is 16.7 Å². The van der Waals surface area contributed by atoms with E-state index < -0.39 is 5.60 Å². The number of aliphatic hydroxyl groups is 1. The molecule has 5 atom stereocenters. The van der Waals surface area contributed by atoms with Crippen molar-refractivity contribution >= 4 is 0 Å². The minimum absolute atomic E-state index is 0.349. The largest absolute Gasteiger partial charge is 0.386 e. The molecule has 3 rings (SSSR count).